The number of hydrogen-bond acceptors (Lipinski definition) is 15. The van der Waals surface area contributed by atoms with Gasteiger partial charge in [0.15, 0.2) is 0 Å². The standard InChI is InChI=1S/C29H30ClNO3.C28H33ClN2O4.C27H31ClN2O3/c30-26-12-8-23(9-13-26)29(24-10-14-27(15-11-24)31(16-18-32)17-19-33)22-6-4-21(5-7-22)25-2-1-3-28(34)20-25;29-24-6-1-20(2-7-24)28(21-3-8-25(9-4-21)30(11-14-32)12-15-33)22-5-10-27-23(17-22)18-26(35)19-31(27)13-16-34;28-24-7-1-21(2-8-24)27(22-3-9-25(10-4-22)29(13-17-31)14-18-32)23-5-11-26(12-6-23)30-15-19-33-20-16-30/h1,3-15,20,28-29,32-34H,2,16-19H2;1-10,17,26,28,32-35H,11-16,18-19H2;1-12,27,31-32H,13-20H2. The predicted octanol–water partition coefficient (Wildman–Crippen LogP) is 12.2. The number of β-amino-alcohol motifs (C(OH)–C–C–N with tert-alkyl or cyclic N) is 2. The first-order chi connectivity index (χ1) is 49.8. The Hall–Kier alpha value is -8.07. The number of morpholine rings is 1. The van der Waals surface area contributed by atoms with E-state index in [1.54, 1.807) is 6.08 Å². The van der Waals surface area contributed by atoms with Gasteiger partial charge in [0.05, 0.1) is 71.7 Å². The molecule has 536 valence electrons. The van der Waals surface area contributed by atoms with Gasteiger partial charge in [-0.2, -0.15) is 0 Å². The lowest BCUT2D eigenvalue weighted by molar-refractivity contribution is 0.122. The molecule has 9 N–H and O–H groups in total. The highest BCUT2D eigenvalue weighted by Gasteiger charge is 2.27. The number of anilines is 5. The van der Waals surface area contributed by atoms with Gasteiger partial charge in [-0.25, -0.2) is 0 Å². The maximum atomic E-state index is 10.4. The first-order valence-electron chi connectivity index (χ1n) is 35.0. The van der Waals surface area contributed by atoms with Crippen LogP contribution in [0.4, 0.5) is 28.4 Å². The summed E-state index contributed by atoms with van der Waals surface area (Å²) in [4.78, 5) is 10.3. The minimum absolute atomic E-state index is 0.0173. The van der Waals surface area contributed by atoms with Crippen molar-refractivity contribution in [2.24, 2.45) is 0 Å². The molecular formula is C84H94Cl3N5O10. The largest absolute Gasteiger partial charge is 0.395 e. The Morgan fingerprint density at radius 1 is 0.412 bits per heavy atom. The van der Waals surface area contributed by atoms with Crippen molar-refractivity contribution in [3.63, 3.8) is 0 Å². The van der Waals surface area contributed by atoms with Gasteiger partial charge >= 0.3 is 0 Å². The molecule has 15 nitrogen and oxygen atoms in total. The average molecular weight is 1440 g/mol. The zero-order valence-electron chi connectivity index (χ0n) is 57.5. The molecule has 102 heavy (non-hydrogen) atoms. The predicted molar refractivity (Wildman–Crippen MR) is 415 cm³/mol. The molecule has 5 atom stereocenters. The lowest BCUT2D eigenvalue weighted by atomic mass is 9.83. The maximum Gasteiger partial charge on any atom is 0.0908 e. The molecule has 0 saturated carbocycles. The van der Waals surface area contributed by atoms with Gasteiger partial charge < -0.3 is 75.2 Å². The van der Waals surface area contributed by atoms with Crippen molar-refractivity contribution in [2.75, 3.05) is 149 Å². The summed E-state index contributed by atoms with van der Waals surface area (Å²) in [6.45, 7) is 7.45. The van der Waals surface area contributed by atoms with Crippen molar-refractivity contribution in [1.82, 2.24) is 0 Å². The Kier molecular flexibility index (Phi) is 29.3. The summed E-state index contributed by atoms with van der Waals surface area (Å²) in [7, 11) is 0. The van der Waals surface area contributed by atoms with E-state index in [0.717, 1.165) is 111 Å². The molecule has 3 aliphatic rings. The second-order valence-corrected chi connectivity index (χ2v) is 26.9. The number of aliphatic hydroxyl groups is 9. The van der Waals surface area contributed by atoms with Gasteiger partial charge in [0.2, 0.25) is 0 Å². The average Bonchev–Trinajstić information content (AvgIpc) is 0.772. The number of benzene rings is 9. The molecule has 1 aliphatic carbocycles. The SMILES string of the molecule is OCCN(CCO)c1ccc(C(c2ccc(Cl)cc2)c2ccc(C3=CC(O)C=CC3)cc2)cc1.OCCN(CCO)c1ccc(C(c2ccc(Cl)cc2)c2ccc(N3CCOCC3)cc2)cc1.OCCN(CCO)c1ccc(C(c2ccc(Cl)cc2)c2ccc3c(c2)CC(O)CN3CCO)cc1. The highest BCUT2D eigenvalue weighted by atomic mass is 35.5. The van der Waals surface area contributed by atoms with Crippen LogP contribution in [0.3, 0.4) is 0 Å². The second-order valence-electron chi connectivity index (χ2n) is 25.6. The maximum absolute atomic E-state index is 10.4. The van der Waals surface area contributed by atoms with E-state index >= 15 is 0 Å². The highest BCUT2D eigenvalue weighted by molar-refractivity contribution is 6.31. The van der Waals surface area contributed by atoms with Gasteiger partial charge in [-0.3, -0.25) is 0 Å². The molecule has 9 aromatic rings. The Morgan fingerprint density at radius 2 is 0.755 bits per heavy atom. The lowest BCUT2D eigenvalue weighted by Gasteiger charge is -2.34. The third kappa shape index (κ3) is 20.6. The third-order valence-corrected chi connectivity index (χ3v) is 19.7. The minimum atomic E-state index is -0.528. The summed E-state index contributed by atoms with van der Waals surface area (Å²) >= 11 is 18.5. The number of ether oxygens (including phenoxy) is 1. The normalized spacial score (nSPS) is 15.7. The van der Waals surface area contributed by atoms with Crippen LogP contribution >= 0.6 is 34.8 Å². The molecule has 5 unspecified atom stereocenters. The number of nitrogens with zero attached hydrogens (tertiary/aromatic N) is 5. The fourth-order valence-corrected chi connectivity index (χ4v) is 14.3. The van der Waals surface area contributed by atoms with Gasteiger partial charge in [0.25, 0.3) is 0 Å². The van der Waals surface area contributed by atoms with Gasteiger partial charge in [-0.05, 0) is 170 Å². The van der Waals surface area contributed by atoms with E-state index in [1.165, 1.54) is 22.4 Å². The number of hydrogen-bond donors (Lipinski definition) is 9. The zero-order chi connectivity index (χ0) is 71.7. The summed E-state index contributed by atoms with van der Waals surface area (Å²) in [6, 6.07) is 72.5. The van der Waals surface area contributed by atoms with Gasteiger partial charge in [0, 0.05) is 133 Å². The van der Waals surface area contributed by atoms with Crippen molar-refractivity contribution < 1.29 is 50.7 Å². The Bertz CT molecular complexity index is 4020. The molecule has 12 rings (SSSR count). The van der Waals surface area contributed by atoms with E-state index in [0.29, 0.717) is 68.8 Å². The molecule has 0 bridgehead atoms. The van der Waals surface area contributed by atoms with Gasteiger partial charge in [-0.1, -0.05) is 168 Å². The van der Waals surface area contributed by atoms with Gasteiger partial charge in [-0.15, -0.1) is 0 Å². The van der Waals surface area contributed by atoms with E-state index in [-0.39, 0.29) is 64.0 Å². The minimum Gasteiger partial charge on any atom is -0.395 e. The smallest absolute Gasteiger partial charge is 0.0908 e. The highest BCUT2D eigenvalue weighted by Crippen LogP contribution is 2.40. The quantitative estimate of drug-likeness (QED) is 0.0165. The number of rotatable bonds is 28. The summed E-state index contributed by atoms with van der Waals surface area (Å²) in [6.07, 6.45) is 6.10. The van der Waals surface area contributed by atoms with E-state index < -0.39 is 12.2 Å². The van der Waals surface area contributed by atoms with Gasteiger partial charge in [0.1, 0.15) is 0 Å². The first-order valence-corrected chi connectivity index (χ1v) is 36.2. The lowest BCUT2D eigenvalue weighted by Crippen LogP contribution is -2.40. The van der Waals surface area contributed by atoms with Crippen molar-refractivity contribution in [1.29, 1.82) is 0 Å². The topological polar surface area (TPSA) is 208 Å². The summed E-state index contributed by atoms with van der Waals surface area (Å²) in [5, 5.41) is 88.1. The Morgan fingerprint density at radius 3 is 1.12 bits per heavy atom. The summed E-state index contributed by atoms with van der Waals surface area (Å²) in [5.74, 6) is 0.0515. The van der Waals surface area contributed by atoms with Crippen molar-refractivity contribution in [2.45, 2.75) is 42.8 Å². The second kappa shape index (κ2) is 39.0. The molecule has 1 fully saturated rings. The molecule has 0 radical (unpaired) electrons. The van der Waals surface area contributed by atoms with Crippen LogP contribution < -0.4 is 24.5 Å². The molecule has 2 aliphatic heterocycles. The van der Waals surface area contributed by atoms with Crippen LogP contribution in [0.1, 0.15) is 85.4 Å². The number of aliphatic hydroxyl groups excluding tert-OH is 9. The van der Waals surface area contributed by atoms with Crippen LogP contribution in [-0.2, 0) is 11.2 Å². The van der Waals surface area contributed by atoms with Crippen LogP contribution in [0.25, 0.3) is 5.57 Å². The number of halogens is 3. The zero-order valence-corrected chi connectivity index (χ0v) is 59.7. The molecule has 0 amide bonds. The molecule has 9 aromatic carbocycles. The molecule has 1 saturated heterocycles. The number of fused-ring (bicyclic) bond motifs is 1. The van der Waals surface area contributed by atoms with Crippen molar-refractivity contribution >= 4 is 68.8 Å². The van der Waals surface area contributed by atoms with E-state index in [4.69, 9.17) is 39.5 Å². The summed E-state index contributed by atoms with van der Waals surface area (Å²) in [5.41, 5.74) is 18.8. The van der Waals surface area contributed by atoms with E-state index in [2.05, 4.69) is 144 Å². The van der Waals surface area contributed by atoms with E-state index in [9.17, 15) is 46.0 Å². The molecular weight excluding hydrogens is 1350 g/mol. The van der Waals surface area contributed by atoms with Crippen LogP contribution in [0.5, 0.6) is 0 Å². The molecule has 18 heteroatoms. The Balaban J connectivity index is 0.000000165. The van der Waals surface area contributed by atoms with Crippen LogP contribution in [0.15, 0.2) is 231 Å². The van der Waals surface area contributed by atoms with Crippen molar-refractivity contribution in [3.05, 3.63) is 307 Å². The first kappa shape index (κ1) is 76.6. The third-order valence-electron chi connectivity index (χ3n) is 18.9. The van der Waals surface area contributed by atoms with Crippen molar-refractivity contribution in [3.8, 4) is 0 Å². The van der Waals surface area contributed by atoms with Crippen LogP contribution in [-0.4, -0.2) is 183 Å². The monoisotopic (exact) mass is 1440 g/mol. The number of allylic oxidation sites excluding steroid dienone is 2. The summed E-state index contributed by atoms with van der Waals surface area (Å²) < 4.78 is 5.48. The molecule has 0 aromatic heterocycles. The molecule has 0 spiro atoms. The molecule has 2 heterocycles. The fraction of sp³-hybridized carbons (Fsp3) is 0.310. The van der Waals surface area contributed by atoms with Crippen LogP contribution in [0.2, 0.25) is 15.1 Å². The Labute approximate surface area is 614 Å². The fourth-order valence-electron chi connectivity index (χ4n) is 13.9. The van der Waals surface area contributed by atoms with Crippen LogP contribution in [0, 0.1) is 0 Å². The van der Waals surface area contributed by atoms with E-state index in [1.807, 2.05) is 105 Å².